The molecule has 2 aliphatic rings. The fourth-order valence-corrected chi connectivity index (χ4v) is 5.64. The summed E-state index contributed by atoms with van der Waals surface area (Å²) in [6.07, 6.45) is 5.56. The van der Waals surface area contributed by atoms with Gasteiger partial charge in [0.15, 0.2) is 0 Å². The first-order chi connectivity index (χ1) is 18.6. The van der Waals surface area contributed by atoms with Crippen LogP contribution < -0.4 is 15.5 Å². The zero-order chi connectivity index (χ0) is 26.3. The number of carbonyl (C=O) groups is 2. The van der Waals surface area contributed by atoms with Gasteiger partial charge in [-0.3, -0.25) is 14.5 Å². The number of halogens is 1. The number of hydrogen-bond donors (Lipinski definition) is 2. The predicted molar refractivity (Wildman–Crippen MR) is 154 cm³/mol. The fraction of sp³-hybridized carbons (Fsp3) is 0.355. The third kappa shape index (κ3) is 6.55. The summed E-state index contributed by atoms with van der Waals surface area (Å²) >= 11 is 6.23. The maximum absolute atomic E-state index is 13.6. The van der Waals surface area contributed by atoms with Crippen molar-refractivity contribution in [3.63, 3.8) is 0 Å². The van der Waals surface area contributed by atoms with Gasteiger partial charge in [0.2, 0.25) is 0 Å². The summed E-state index contributed by atoms with van der Waals surface area (Å²) in [5.74, 6) is -0.371. The second kappa shape index (κ2) is 12.5. The molecule has 2 amide bonds. The minimum Gasteiger partial charge on any atom is -0.368 e. The number of rotatable bonds is 7. The van der Waals surface area contributed by atoms with Crippen LogP contribution >= 0.6 is 11.6 Å². The number of benzene rings is 3. The van der Waals surface area contributed by atoms with Crippen LogP contribution in [0.25, 0.3) is 0 Å². The zero-order valence-corrected chi connectivity index (χ0v) is 22.4. The lowest BCUT2D eigenvalue weighted by atomic mass is 9.95. The van der Waals surface area contributed by atoms with E-state index in [1.54, 1.807) is 30.3 Å². The molecule has 1 saturated carbocycles. The second-order valence-electron chi connectivity index (χ2n) is 10.2. The molecule has 5 rings (SSSR count). The number of hydrogen-bond acceptors (Lipinski definition) is 4. The summed E-state index contributed by atoms with van der Waals surface area (Å²) in [4.78, 5) is 31.2. The van der Waals surface area contributed by atoms with Gasteiger partial charge in [-0.2, -0.15) is 0 Å². The van der Waals surface area contributed by atoms with Crippen molar-refractivity contribution >= 4 is 34.8 Å². The van der Waals surface area contributed by atoms with Crippen molar-refractivity contribution in [2.75, 3.05) is 36.4 Å². The maximum Gasteiger partial charge on any atom is 0.257 e. The summed E-state index contributed by atoms with van der Waals surface area (Å²) in [5.41, 5.74) is 3.81. The van der Waals surface area contributed by atoms with Crippen LogP contribution in [0.3, 0.4) is 0 Å². The van der Waals surface area contributed by atoms with E-state index in [9.17, 15) is 9.59 Å². The number of amides is 2. The molecule has 2 N–H and O–H groups in total. The van der Waals surface area contributed by atoms with Crippen LogP contribution in [-0.2, 0) is 6.54 Å². The van der Waals surface area contributed by atoms with E-state index in [2.05, 4.69) is 44.7 Å². The van der Waals surface area contributed by atoms with Gasteiger partial charge in [0.25, 0.3) is 11.8 Å². The monoisotopic (exact) mass is 530 g/mol. The molecule has 2 fully saturated rings. The Hall–Kier alpha value is -3.35. The molecule has 1 aliphatic heterocycles. The first kappa shape index (κ1) is 26.3. The molecule has 38 heavy (non-hydrogen) atoms. The third-order valence-electron chi connectivity index (χ3n) is 7.52. The number of nitrogens with zero attached hydrogens (tertiary/aromatic N) is 2. The van der Waals surface area contributed by atoms with Crippen molar-refractivity contribution in [1.29, 1.82) is 0 Å². The number of nitrogens with one attached hydrogen (secondary N) is 2. The van der Waals surface area contributed by atoms with Gasteiger partial charge < -0.3 is 15.5 Å². The standard InChI is InChI=1S/C31H35ClN4O2/c32-28-14-8-7-13-26(28)30(37)34-25-15-16-29(27(21-25)31(38)33-24-11-5-2-6-12-24)36-19-17-35(18-20-36)22-23-9-3-1-4-10-23/h1,3-4,7-10,13-16,21,24H,2,5-6,11-12,17-20,22H2,(H,33,38)(H,34,37). The van der Waals surface area contributed by atoms with E-state index in [1.807, 2.05) is 18.2 Å². The molecular weight excluding hydrogens is 496 g/mol. The first-order valence-electron chi connectivity index (χ1n) is 13.6. The molecule has 0 radical (unpaired) electrons. The average Bonchev–Trinajstić information content (AvgIpc) is 2.95. The summed E-state index contributed by atoms with van der Waals surface area (Å²) in [7, 11) is 0. The fourth-order valence-electron chi connectivity index (χ4n) is 5.41. The predicted octanol–water partition coefficient (Wildman–Crippen LogP) is 5.98. The zero-order valence-electron chi connectivity index (χ0n) is 21.7. The Morgan fingerprint density at radius 1 is 0.789 bits per heavy atom. The highest BCUT2D eigenvalue weighted by Crippen LogP contribution is 2.28. The Morgan fingerprint density at radius 3 is 2.24 bits per heavy atom. The van der Waals surface area contributed by atoms with Gasteiger partial charge >= 0.3 is 0 Å². The molecule has 0 unspecified atom stereocenters. The number of piperazine rings is 1. The van der Waals surface area contributed by atoms with Crippen molar-refractivity contribution in [3.8, 4) is 0 Å². The summed E-state index contributed by atoms with van der Waals surface area (Å²) in [5, 5.41) is 6.59. The largest absolute Gasteiger partial charge is 0.368 e. The normalized spacial score (nSPS) is 16.7. The lowest BCUT2D eigenvalue weighted by Crippen LogP contribution is -2.46. The van der Waals surface area contributed by atoms with Crippen LogP contribution in [0.1, 0.15) is 58.4 Å². The lowest BCUT2D eigenvalue weighted by Gasteiger charge is -2.37. The van der Waals surface area contributed by atoms with Gasteiger partial charge in [-0.05, 0) is 48.7 Å². The molecule has 3 aromatic carbocycles. The van der Waals surface area contributed by atoms with Gasteiger partial charge in [-0.25, -0.2) is 0 Å². The Morgan fingerprint density at radius 2 is 1.50 bits per heavy atom. The molecule has 3 aromatic rings. The molecule has 1 aliphatic carbocycles. The summed E-state index contributed by atoms with van der Waals surface area (Å²) < 4.78 is 0. The molecule has 0 aromatic heterocycles. The van der Waals surface area contributed by atoms with E-state index < -0.39 is 0 Å². The van der Waals surface area contributed by atoms with Gasteiger partial charge in [-0.15, -0.1) is 0 Å². The summed E-state index contributed by atoms with van der Waals surface area (Å²) in [6.45, 7) is 4.44. The molecule has 1 saturated heterocycles. The molecule has 6 nitrogen and oxygen atoms in total. The number of anilines is 2. The quantitative estimate of drug-likeness (QED) is 0.394. The highest BCUT2D eigenvalue weighted by Gasteiger charge is 2.24. The molecule has 198 valence electrons. The summed E-state index contributed by atoms with van der Waals surface area (Å²) in [6, 6.07) is 23.3. The third-order valence-corrected chi connectivity index (χ3v) is 7.85. The van der Waals surface area contributed by atoms with Crippen LogP contribution in [0.5, 0.6) is 0 Å². The minimum atomic E-state index is -0.295. The molecule has 0 spiro atoms. The van der Waals surface area contributed by atoms with E-state index in [4.69, 9.17) is 11.6 Å². The van der Waals surface area contributed by atoms with Crippen molar-refractivity contribution in [3.05, 3.63) is 94.5 Å². The lowest BCUT2D eigenvalue weighted by molar-refractivity contribution is 0.0927. The van der Waals surface area contributed by atoms with E-state index in [0.29, 0.717) is 21.8 Å². The smallest absolute Gasteiger partial charge is 0.257 e. The van der Waals surface area contributed by atoms with Crippen molar-refractivity contribution in [1.82, 2.24) is 10.2 Å². The topological polar surface area (TPSA) is 64.7 Å². The number of carbonyl (C=O) groups excluding carboxylic acids is 2. The Bertz CT molecular complexity index is 1250. The Balaban J connectivity index is 1.33. The molecule has 7 heteroatoms. The highest BCUT2D eigenvalue weighted by atomic mass is 35.5. The molecule has 0 bridgehead atoms. The van der Waals surface area contributed by atoms with Gasteiger partial charge in [0.05, 0.1) is 16.1 Å². The Kier molecular flexibility index (Phi) is 8.61. The van der Waals surface area contributed by atoms with Gasteiger partial charge in [0.1, 0.15) is 0 Å². The van der Waals surface area contributed by atoms with E-state index in [0.717, 1.165) is 64.1 Å². The molecular formula is C31H35ClN4O2. The minimum absolute atomic E-state index is 0.0764. The van der Waals surface area contributed by atoms with E-state index in [-0.39, 0.29) is 17.9 Å². The van der Waals surface area contributed by atoms with Crippen molar-refractivity contribution in [2.45, 2.75) is 44.7 Å². The van der Waals surface area contributed by atoms with Crippen LogP contribution in [-0.4, -0.2) is 48.9 Å². The van der Waals surface area contributed by atoms with Crippen LogP contribution in [0.2, 0.25) is 5.02 Å². The van der Waals surface area contributed by atoms with Crippen molar-refractivity contribution < 1.29 is 9.59 Å². The van der Waals surface area contributed by atoms with Crippen LogP contribution in [0.4, 0.5) is 11.4 Å². The second-order valence-corrected chi connectivity index (χ2v) is 10.6. The highest BCUT2D eigenvalue weighted by molar-refractivity contribution is 6.34. The maximum atomic E-state index is 13.6. The van der Waals surface area contributed by atoms with Gasteiger partial charge in [0, 0.05) is 50.1 Å². The SMILES string of the molecule is O=C(Nc1ccc(N2CCN(Cc3ccccc3)CC2)c(C(=O)NC2CCCCC2)c1)c1ccccc1Cl. The van der Waals surface area contributed by atoms with E-state index in [1.165, 1.54) is 12.0 Å². The average molecular weight is 531 g/mol. The van der Waals surface area contributed by atoms with E-state index >= 15 is 0 Å². The van der Waals surface area contributed by atoms with Crippen LogP contribution in [0.15, 0.2) is 72.8 Å². The van der Waals surface area contributed by atoms with Crippen molar-refractivity contribution in [2.24, 2.45) is 0 Å². The molecule has 0 atom stereocenters. The first-order valence-corrected chi connectivity index (χ1v) is 14.0. The Labute approximate surface area is 230 Å². The van der Waals surface area contributed by atoms with Crippen LogP contribution in [0, 0.1) is 0 Å². The molecule has 1 heterocycles. The van der Waals surface area contributed by atoms with Gasteiger partial charge in [-0.1, -0.05) is 73.3 Å².